The van der Waals surface area contributed by atoms with Gasteiger partial charge in [0.2, 0.25) is 0 Å². The minimum Gasteiger partial charge on any atom is -0.508 e. The third-order valence-corrected chi connectivity index (χ3v) is 3.69. The molecule has 4 nitrogen and oxygen atoms in total. The Kier molecular flexibility index (Phi) is 5.66. The maximum absolute atomic E-state index is 10.6. The number of halogens is 1. The summed E-state index contributed by atoms with van der Waals surface area (Å²) in [6, 6.07) is 12.3. The molecule has 2 aromatic rings. The van der Waals surface area contributed by atoms with E-state index in [1.54, 1.807) is 24.3 Å². The molecule has 0 unspecified atom stereocenters. The van der Waals surface area contributed by atoms with Crippen molar-refractivity contribution >= 4 is 23.6 Å². The number of carboxylic acids is 1. The molecule has 1 aliphatic heterocycles. The lowest BCUT2D eigenvalue weighted by Gasteiger charge is -2.14. The van der Waals surface area contributed by atoms with Crippen LogP contribution < -0.4 is 4.74 Å². The van der Waals surface area contributed by atoms with Gasteiger partial charge in [0.1, 0.15) is 18.1 Å². The first-order chi connectivity index (χ1) is 11.0. The first-order valence-corrected chi connectivity index (χ1v) is 7.52. The number of hydrogen-bond acceptors (Lipinski definition) is 3. The van der Waals surface area contributed by atoms with E-state index in [2.05, 4.69) is 0 Å². The lowest BCUT2D eigenvalue weighted by atomic mass is 10.1. The molecule has 0 atom stereocenters. The molecule has 0 aromatic heterocycles. The molecule has 1 aliphatic rings. The van der Waals surface area contributed by atoms with Crippen molar-refractivity contribution in [1.82, 2.24) is 0 Å². The molecule has 0 amide bonds. The number of para-hydroxylation sites is 1. The van der Waals surface area contributed by atoms with Crippen molar-refractivity contribution in [3.8, 4) is 11.5 Å². The first kappa shape index (κ1) is 16.9. The van der Waals surface area contributed by atoms with Crippen molar-refractivity contribution in [3.05, 3.63) is 64.2 Å². The van der Waals surface area contributed by atoms with Gasteiger partial charge in [0.15, 0.2) is 0 Å². The highest BCUT2D eigenvalue weighted by molar-refractivity contribution is 6.31. The van der Waals surface area contributed by atoms with Crippen LogP contribution in [0.4, 0.5) is 0 Å². The summed E-state index contributed by atoms with van der Waals surface area (Å²) < 4.78 is 5.25. The second-order valence-electron chi connectivity index (χ2n) is 4.93. The number of benzene rings is 2. The van der Waals surface area contributed by atoms with Crippen LogP contribution in [0.1, 0.15) is 18.1 Å². The summed E-state index contributed by atoms with van der Waals surface area (Å²) in [5, 5.41) is 18.4. The lowest BCUT2D eigenvalue weighted by molar-refractivity contribution is -0.132. The number of fused-ring (bicyclic) bond motifs is 1. The van der Waals surface area contributed by atoms with Crippen LogP contribution in [0.25, 0.3) is 6.08 Å². The first-order valence-electron chi connectivity index (χ1n) is 7.14. The minimum atomic E-state index is -0.922. The third-order valence-electron chi connectivity index (χ3n) is 3.32. The zero-order valence-corrected chi connectivity index (χ0v) is 13.4. The smallest absolute Gasteiger partial charge is 0.335 e. The highest BCUT2D eigenvalue weighted by Gasteiger charge is 2.15. The van der Waals surface area contributed by atoms with E-state index < -0.39 is 5.97 Å². The van der Waals surface area contributed by atoms with Gasteiger partial charge < -0.3 is 14.9 Å². The molecule has 0 fully saturated rings. The fourth-order valence-corrected chi connectivity index (χ4v) is 2.32. The van der Waals surface area contributed by atoms with Crippen LogP contribution in [0.5, 0.6) is 11.5 Å². The molecule has 23 heavy (non-hydrogen) atoms. The Morgan fingerprint density at radius 1 is 1.26 bits per heavy atom. The Bertz CT molecular complexity index is 738. The summed E-state index contributed by atoms with van der Waals surface area (Å²) in [4.78, 5) is 10.6. The van der Waals surface area contributed by atoms with Crippen LogP contribution >= 0.6 is 11.6 Å². The van der Waals surface area contributed by atoms with E-state index in [9.17, 15) is 4.79 Å². The summed E-state index contributed by atoms with van der Waals surface area (Å²) >= 11 is 5.79. The van der Waals surface area contributed by atoms with Crippen LogP contribution in [0.2, 0.25) is 5.02 Å². The van der Waals surface area contributed by atoms with E-state index >= 15 is 0 Å². The van der Waals surface area contributed by atoms with E-state index in [0.29, 0.717) is 5.57 Å². The number of aliphatic carboxylic acids is 1. The van der Waals surface area contributed by atoms with Crippen molar-refractivity contribution in [2.75, 3.05) is 6.61 Å². The predicted molar refractivity (Wildman–Crippen MR) is 90.0 cm³/mol. The lowest BCUT2D eigenvalue weighted by Crippen LogP contribution is -2.13. The van der Waals surface area contributed by atoms with Gasteiger partial charge in [-0.15, -0.1) is 0 Å². The second-order valence-corrected chi connectivity index (χ2v) is 5.34. The van der Waals surface area contributed by atoms with Crippen LogP contribution in [0.15, 0.2) is 48.0 Å². The van der Waals surface area contributed by atoms with Gasteiger partial charge in [-0.3, -0.25) is 0 Å². The largest absolute Gasteiger partial charge is 0.508 e. The maximum Gasteiger partial charge on any atom is 0.335 e. The van der Waals surface area contributed by atoms with Gasteiger partial charge in [0, 0.05) is 10.6 Å². The van der Waals surface area contributed by atoms with Gasteiger partial charge in [0.25, 0.3) is 0 Å². The van der Waals surface area contributed by atoms with Crippen LogP contribution in [-0.4, -0.2) is 22.8 Å². The Labute approximate surface area is 139 Å². The molecular weight excluding hydrogens is 316 g/mol. The topological polar surface area (TPSA) is 66.8 Å². The normalized spacial score (nSPS) is 12.2. The number of carbonyl (C=O) groups is 1. The average molecular weight is 333 g/mol. The van der Waals surface area contributed by atoms with Crippen LogP contribution in [0, 0.1) is 0 Å². The van der Waals surface area contributed by atoms with Crippen molar-refractivity contribution in [2.24, 2.45) is 0 Å². The van der Waals surface area contributed by atoms with Crippen molar-refractivity contribution < 1.29 is 19.7 Å². The standard InChI is InChI=1S/C10H8O3.C8H9ClO/c11-10(12)8-5-7-3-1-2-4-9(7)13-6-8;1-2-6-5-7(10)3-4-8(6)9/h1-5H,6H2,(H,11,12);3-5,10H,2H2,1H3. The van der Waals surface area contributed by atoms with E-state index in [0.717, 1.165) is 28.3 Å². The fourth-order valence-electron chi connectivity index (χ4n) is 2.07. The third kappa shape index (κ3) is 4.50. The van der Waals surface area contributed by atoms with E-state index in [1.165, 1.54) is 0 Å². The van der Waals surface area contributed by atoms with Gasteiger partial charge in [-0.1, -0.05) is 36.7 Å². The number of aromatic hydroxyl groups is 1. The summed E-state index contributed by atoms with van der Waals surface area (Å²) in [5.74, 6) is 0.100. The second kappa shape index (κ2) is 7.70. The molecule has 0 bridgehead atoms. The van der Waals surface area contributed by atoms with E-state index in [1.807, 2.05) is 31.2 Å². The van der Waals surface area contributed by atoms with Gasteiger partial charge in [0.05, 0.1) is 5.57 Å². The monoisotopic (exact) mass is 332 g/mol. The minimum absolute atomic E-state index is 0.145. The van der Waals surface area contributed by atoms with Crippen molar-refractivity contribution in [2.45, 2.75) is 13.3 Å². The average Bonchev–Trinajstić information content (AvgIpc) is 2.57. The highest BCUT2D eigenvalue weighted by atomic mass is 35.5. The molecule has 2 N–H and O–H groups in total. The molecule has 1 heterocycles. The molecule has 0 aliphatic carbocycles. The van der Waals surface area contributed by atoms with E-state index in [4.69, 9.17) is 26.6 Å². The number of hydrogen-bond donors (Lipinski definition) is 2. The Morgan fingerprint density at radius 3 is 2.65 bits per heavy atom. The van der Waals surface area contributed by atoms with Gasteiger partial charge in [-0.05, 0) is 42.3 Å². The number of carboxylic acid groups (broad SMARTS) is 1. The summed E-state index contributed by atoms with van der Waals surface area (Å²) in [6.45, 7) is 2.15. The molecule has 0 saturated heterocycles. The van der Waals surface area contributed by atoms with Gasteiger partial charge >= 0.3 is 5.97 Å². The zero-order valence-electron chi connectivity index (χ0n) is 12.6. The molecule has 120 valence electrons. The molecule has 0 saturated carbocycles. The Hall–Kier alpha value is -2.46. The summed E-state index contributed by atoms with van der Waals surface area (Å²) in [7, 11) is 0. The molecule has 5 heteroatoms. The number of ether oxygens (including phenoxy) is 1. The number of phenols is 1. The molecule has 2 aromatic carbocycles. The molecule has 0 radical (unpaired) electrons. The van der Waals surface area contributed by atoms with Gasteiger partial charge in [-0.2, -0.15) is 0 Å². The predicted octanol–water partition coefficient (Wildman–Crippen LogP) is 4.16. The number of rotatable bonds is 2. The van der Waals surface area contributed by atoms with Gasteiger partial charge in [-0.25, -0.2) is 4.79 Å². The van der Waals surface area contributed by atoms with Crippen molar-refractivity contribution in [1.29, 1.82) is 0 Å². The molecule has 3 rings (SSSR count). The maximum atomic E-state index is 10.6. The Balaban J connectivity index is 0.000000174. The van der Waals surface area contributed by atoms with Crippen LogP contribution in [0.3, 0.4) is 0 Å². The summed E-state index contributed by atoms with van der Waals surface area (Å²) in [5.41, 5.74) is 2.10. The highest BCUT2D eigenvalue weighted by Crippen LogP contribution is 2.25. The molecular formula is C18H17ClO4. The zero-order chi connectivity index (χ0) is 16.8. The quantitative estimate of drug-likeness (QED) is 0.866. The number of aryl methyl sites for hydroxylation is 1. The fraction of sp³-hybridized carbons (Fsp3) is 0.167. The van der Waals surface area contributed by atoms with Crippen molar-refractivity contribution in [3.63, 3.8) is 0 Å². The molecule has 0 spiro atoms. The Morgan fingerprint density at radius 2 is 2.00 bits per heavy atom. The van der Waals surface area contributed by atoms with E-state index in [-0.39, 0.29) is 12.4 Å². The van der Waals surface area contributed by atoms with Crippen LogP contribution in [-0.2, 0) is 11.2 Å². The SMILES string of the molecule is CCc1cc(O)ccc1Cl.O=C(O)C1=Cc2ccccc2OC1. The summed E-state index contributed by atoms with van der Waals surface area (Å²) in [6.07, 6.45) is 2.49. The number of phenolic OH excluding ortho intramolecular Hbond substituents is 1.